The van der Waals surface area contributed by atoms with E-state index in [2.05, 4.69) is 29.5 Å². The first-order valence-corrected chi connectivity index (χ1v) is 8.97. The van der Waals surface area contributed by atoms with Crippen molar-refractivity contribution in [2.75, 3.05) is 11.9 Å². The highest BCUT2D eigenvalue weighted by atomic mass is 32.2. The Morgan fingerprint density at radius 3 is 2.64 bits per heavy atom. The molecule has 1 aromatic heterocycles. The molecular formula is C16H21N3OS2. The minimum atomic E-state index is -0.156. The van der Waals surface area contributed by atoms with Gasteiger partial charge >= 0.3 is 6.03 Å². The number of hydrogen-bond acceptors (Lipinski definition) is 4. The third kappa shape index (κ3) is 5.69. The van der Waals surface area contributed by atoms with E-state index >= 15 is 0 Å². The van der Waals surface area contributed by atoms with Crippen LogP contribution in [-0.2, 0) is 0 Å². The predicted octanol–water partition coefficient (Wildman–Crippen LogP) is 4.77. The second-order valence-corrected chi connectivity index (χ2v) is 7.62. The van der Waals surface area contributed by atoms with Crippen LogP contribution < -0.4 is 10.6 Å². The van der Waals surface area contributed by atoms with Crippen LogP contribution in [0.4, 0.5) is 10.5 Å². The summed E-state index contributed by atoms with van der Waals surface area (Å²) >= 11 is 3.27. The number of urea groups is 1. The zero-order valence-corrected chi connectivity index (χ0v) is 14.7. The van der Waals surface area contributed by atoms with Gasteiger partial charge in [0.2, 0.25) is 0 Å². The van der Waals surface area contributed by atoms with Crippen molar-refractivity contribution in [3.8, 4) is 0 Å². The number of aryl methyl sites for hydroxylation is 1. The second-order valence-electron chi connectivity index (χ2n) is 5.44. The van der Waals surface area contributed by atoms with Crippen LogP contribution in [0.25, 0.3) is 0 Å². The lowest BCUT2D eigenvalue weighted by Gasteiger charge is -2.09. The van der Waals surface area contributed by atoms with Gasteiger partial charge in [0.1, 0.15) is 0 Å². The first-order valence-electron chi connectivity index (χ1n) is 7.28. The smallest absolute Gasteiger partial charge is 0.319 e. The molecule has 0 aliphatic heterocycles. The van der Waals surface area contributed by atoms with Gasteiger partial charge in [-0.15, -0.1) is 11.3 Å². The minimum absolute atomic E-state index is 0.156. The van der Waals surface area contributed by atoms with Crippen molar-refractivity contribution in [1.29, 1.82) is 0 Å². The first-order chi connectivity index (χ1) is 10.5. The second kappa shape index (κ2) is 8.19. The molecule has 2 aromatic rings. The Labute approximate surface area is 139 Å². The zero-order valence-electron chi connectivity index (χ0n) is 13.1. The van der Waals surface area contributed by atoms with Crippen LogP contribution in [0.15, 0.2) is 38.9 Å². The van der Waals surface area contributed by atoms with Crippen molar-refractivity contribution < 1.29 is 4.79 Å². The fourth-order valence-electron chi connectivity index (χ4n) is 1.74. The monoisotopic (exact) mass is 335 g/mol. The molecule has 0 aliphatic rings. The highest BCUT2D eigenvalue weighted by Gasteiger charge is 2.04. The first kappa shape index (κ1) is 16.8. The lowest BCUT2D eigenvalue weighted by Crippen LogP contribution is -2.30. The summed E-state index contributed by atoms with van der Waals surface area (Å²) in [7, 11) is 0. The van der Waals surface area contributed by atoms with E-state index in [0.29, 0.717) is 12.5 Å². The van der Waals surface area contributed by atoms with Crippen LogP contribution in [0.1, 0.15) is 26.0 Å². The topological polar surface area (TPSA) is 54.0 Å². The van der Waals surface area contributed by atoms with Gasteiger partial charge in [0.15, 0.2) is 4.34 Å². The standard InChI is InChI=1S/C16H21N3OS2/c1-11(2)8-9-17-15(20)19-13-4-6-14(7-5-13)22-16-18-12(3)10-21-16/h4-7,10-11H,8-9H2,1-3H3,(H2,17,19,20). The number of carbonyl (C=O) groups is 1. The Bertz CT molecular complexity index is 608. The molecule has 2 N–H and O–H groups in total. The van der Waals surface area contributed by atoms with Crippen LogP contribution >= 0.6 is 23.1 Å². The van der Waals surface area contributed by atoms with Gasteiger partial charge in [-0.3, -0.25) is 0 Å². The van der Waals surface area contributed by atoms with Gasteiger partial charge in [-0.05, 0) is 43.5 Å². The van der Waals surface area contributed by atoms with Crippen LogP contribution in [0, 0.1) is 12.8 Å². The van der Waals surface area contributed by atoms with Crippen molar-refractivity contribution in [3.63, 3.8) is 0 Å². The van der Waals surface area contributed by atoms with Crippen LogP contribution in [0.3, 0.4) is 0 Å². The molecule has 0 atom stereocenters. The molecular weight excluding hydrogens is 314 g/mol. The fraction of sp³-hybridized carbons (Fsp3) is 0.375. The van der Waals surface area contributed by atoms with Crippen molar-refractivity contribution in [2.24, 2.45) is 5.92 Å². The van der Waals surface area contributed by atoms with Crippen LogP contribution in [0.5, 0.6) is 0 Å². The summed E-state index contributed by atoms with van der Waals surface area (Å²) in [6, 6.07) is 7.64. The van der Waals surface area contributed by atoms with Crippen LogP contribution in [-0.4, -0.2) is 17.6 Å². The average Bonchev–Trinajstić information content (AvgIpc) is 2.86. The summed E-state index contributed by atoms with van der Waals surface area (Å²) in [5.74, 6) is 0.589. The number of benzene rings is 1. The van der Waals surface area contributed by atoms with E-state index in [1.54, 1.807) is 23.1 Å². The predicted molar refractivity (Wildman–Crippen MR) is 93.9 cm³/mol. The third-order valence-electron chi connectivity index (χ3n) is 2.92. The molecule has 0 fully saturated rings. The number of aromatic nitrogens is 1. The molecule has 1 heterocycles. The van der Waals surface area contributed by atoms with Crippen molar-refractivity contribution >= 4 is 34.8 Å². The number of anilines is 1. The maximum absolute atomic E-state index is 11.7. The molecule has 0 unspecified atom stereocenters. The molecule has 118 valence electrons. The molecule has 6 heteroatoms. The summed E-state index contributed by atoms with van der Waals surface area (Å²) in [6.07, 6.45) is 0.982. The van der Waals surface area contributed by atoms with Gasteiger partial charge in [0.25, 0.3) is 0 Å². The Morgan fingerprint density at radius 1 is 1.32 bits per heavy atom. The molecule has 0 bridgehead atoms. The molecule has 0 radical (unpaired) electrons. The Balaban J connectivity index is 1.82. The van der Waals surface area contributed by atoms with Gasteiger partial charge in [0, 0.05) is 28.2 Å². The molecule has 0 spiro atoms. The highest BCUT2D eigenvalue weighted by molar-refractivity contribution is 8.01. The number of amides is 2. The molecule has 1 aromatic carbocycles. The molecule has 0 aliphatic carbocycles. The molecule has 4 nitrogen and oxygen atoms in total. The van der Waals surface area contributed by atoms with Crippen molar-refractivity contribution in [3.05, 3.63) is 35.3 Å². The Kier molecular flexibility index (Phi) is 6.27. The maximum Gasteiger partial charge on any atom is 0.319 e. The fourth-order valence-corrected chi connectivity index (χ4v) is 3.55. The number of nitrogens with one attached hydrogen (secondary N) is 2. The summed E-state index contributed by atoms with van der Waals surface area (Å²) in [5, 5.41) is 7.74. The Morgan fingerprint density at radius 2 is 2.05 bits per heavy atom. The lowest BCUT2D eigenvalue weighted by molar-refractivity contribution is 0.251. The number of carbonyl (C=O) groups excluding carboxylic acids is 1. The zero-order chi connectivity index (χ0) is 15.9. The van der Waals surface area contributed by atoms with E-state index < -0.39 is 0 Å². The third-order valence-corrected chi connectivity index (χ3v) is 4.99. The Hall–Kier alpha value is -1.53. The largest absolute Gasteiger partial charge is 0.338 e. The minimum Gasteiger partial charge on any atom is -0.338 e. The summed E-state index contributed by atoms with van der Waals surface area (Å²) < 4.78 is 1.03. The quantitative estimate of drug-likeness (QED) is 0.799. The molecule has 22 heavy (non-hydrogen) atoms. The van der Waals surface area contributed by atoms with E-state index in [0.717, 1.165) is 27.0 Å². The van der Waals surface area contributed by atoms with Crippen LogP contribution in [0.2, 0.25) is 0 Å². The van der Waals surface area contributed by atoms with Gasteiger partial charge in [-0.2, -0.15) is 0 Å². The van der Waals surface area contributed by atoms with E-state index in [1.165, 1.54) is 0 Å². The maximum atomic E-state index is 11.7. The average molecular weight is 335 g/mol. The summed E-state index contributed by atoms with van der Waals surface area (Å²) in [6.45, 7) is 6.96. The SMILES string of the molecule is Cc1csc(Sc2ccc(NC(=O)NCCC(C)C)cc2)n1. The number of nitrogens with zero attached hydrogens (tertiary/aromatic N) is 1. The van der Waals surface area contributed by atoms with Gasteiger partial charge in [-0.25, -0.2) is 9.78 Å². The molecule has 2 amide bonds. The van der Waals surface area contributed by atoms with E-state index in [4.69, 9.17) is 0 Å². The van der Waals surface area contributed by atoms with Crippen molar-refractivity contribution in [2.45, 2.75) is 36.4 Å². The number of hydrogen-bond donors (Lipinski definition) is 2. The highest BCUT2D eigenvalue weighted by Crippen LogP contribution is 2.30. The normalized spacial score (nSPS) is 10.7. The van der Waals surface area contributed by atoms with Gasteiger partial charge in [0.05, 0.1) is 0 Å². The van der Waals surface area contributed by atoms with E-state index in [-0.39, 0.29) is 6.03 Å². The summed E-state index contributed by atoms with van der Waals surface area (Å²) in [4.78, 5) is 17.3. The number of thiazole rings is 1. The van der Waals surface area contributed by atoms with E-state index in [9.17, 15) is 4.79 Å². The summed E-state index contributed by atoms with van der Waals surface area (Å²) in [5.41, 5.74) is 1.84. The number of rotatable bonds is 6. The van der Waals surface area contributed by atoms with E-state index in [1.807, 2.05) is 36.6 Å². The lowest BCUT2D eigenvalue weighted by atomic mass is 10.1. The molecule has 2 rings (SSSR count). The van der Waals surface area contributed by atoms with Gasteiger partial charge < -0.3 is 10.6 Å². The van der Waals surface area contributed by atoms with Gasteiger partial charge in [-0.1, -0.05) is 25.6 Å². The molecule has 0 saturated carbocycles. The van der Waals surface area contributed by atoms with Crippen molar-refractivity contribution in [1.82, 2.24) is 10.3 Å². The molecule has 0 saturated heterocycles.